The zero-order chi connectivity index (χ0) is 22.2. The molecule has 6 nitrogen and oxygen atoms in total. The van der Waals surface area contributed by atoms with Gasteiger partial charge in [-0.25, -0.2) is 0 Å². The van der Waals surface area contributed by atoms with E-state index in [4.69, 9.17) is 4.74 Å². The Hall–Kier alpha value is -3.80. The average Bonchev–Trinajstić information content (AvgIpc) is 3.01. The highest BCUT2D eigenvalue weighted by Gasteiger charge is 2.13. The van der Waals surface area contributed by atoms with Crippen LogP contribution in [0, 0.1) is 10.1 Å². The zero-order valence-corrected chi connectivity index (χ0v) is 17.2. The zero-order valence-electron chi connectivity index (χ0n) is 17.2. The number of hydrogen-bond acceptors (Lipinski definition) is 5. The van der Waals surface area contributed by atoms with Crippen molar-refractivity contribution in [2.75, 3.05) is 7.11 Å². The molecule has 0 N–H and O–H groups in total. The van der Waals surface area contributed by atoms with Gasteiger partial charge in [0, 0.05) is 6.07 Å². The molecule has 0 radical (unpaired) electrons. The van der Waals surface area contributed by atoms with Crippen LogP contribution in [0.3, 0.4) is 0 Å². The second-order valence-electron chi connectivity index (χ2n) is 7.21. The first-order valence-corrected chi connectivity index (χ1v) is 10.00. The van der Waals surface area contributed by atoms with Crippen LogP contribution in [-0.4, -0.2) is 23.6 Å². The average molecular weight is 417 g/mol. The van der Waals surface area contributed by atoms with Crippen LogP contribution in [0.15, 0.2) is 54.6 Å². The summed E-state index contributed by atoms with van der Waals surface area (Å²) in [4.78, 5) is 34.9. The molecule has 1 aliphatic carbocycles. The van der Waals surface area contributed by atoms with Crippen molar-refractivity contribution in [3.8, 4) is 5.75 Å². The first-order valence-electron chi connectivity index (χ1n) is 10.00. The van der Waals surface area contributed by atoms with E-state index in [0.29, 0.717) is 5.75 Å². The summed E-state index contributed by atoms with van der Waals surface area (Å²) < 4.78 is 5.07. The smallest absolute Gasteiger partial charge is 0.276 e. The number of nitro groups is 1. The number of nitrogens with zero attached hydrogens (tertiary/aromatic N) is 1. The molecule has 0 unspecified atom stereocenters. The van der Waals surface area contributed by atoms with Gasteiger partial charge in [-0.2, -0.15) is 0 Å². The molecule has 0 spiro atoms. The summed E-state index contributed by atoms with van der Waals surface area (Å²) in [6, 6.07) is 10.3. The number of fused-ring (bicyclic) bond motifs is 1. The SMILES string of the molecule is COc1ccc([N+](=O)[O-])c(/C=C/C(=O)CC(=O)/C=C/c2ccc3c(c2)CCCC=C3)c1. The Labute approximate surface area is 180 Å². The summed E-state index contributed by atoms with van der Waals surface area (Å²) in [6.07, 6.45) is 12.8. The summed E-state index contributed by atoms with van der Waals surface area (Å²) in [6.45, 7) is 0. The summed E-state index contributed by atoms with van der Waals surface area (Å²) >= 11 is 0. The van der Waals surface area contributed by atoms with Crippen LogP contribution in [0.2, 0.25) is 0 Å². The van der Waals surface area contributed by atoms with E-state index in [9.17, 15) is 19.7 Å². The molecule has 31 heavy (non-hydrogen) atoms. The number of ketones is 2. The Morgan fingerprint density at radius 2 is 1.87 bits per heavy atom. The second-order valence-corrected chi connectivity index (χ2v) is 7.21. The van der Waals surface area contributed by atoms with Crippen molar-refractivity contribution in [1.29, 1.82) is 0 Å². The first kappa shape index (κ1) is 21.9. The molecule has 1 aliphatic rings. The Bertz CT molecular complexity index is 1100. The van der Waals surface area contributed by atoms with Crippen molar-refractivity contribution >= 4 is 35.5 Å². The van der Waals surface area contributed by atoms with Gasteiger partial charge in [0.1, 0.15) is 5.75 Å². The highest BCUT2D eigenvalue weighted by Crippen LogP contribution is 2.25. The van der Waals surface area contributed by atoms with Gasteiger partial charge < -0.3 is 4.74 Å². The van der Waals surface area contributed by atoms with Crippen LogP contribution in [0.5, 0.6) is 5.75 Å². The van der Waals surface area contributed by atoms with Crippen LogP contribution in [0.1, 0.15) is 41.5 Å². The molecular weight excluding hydrogens is 394 g/mol. The van der Waals surface area contributed by atoms with Crippen LogP contribution in [-0.2, 0) is 16.0 Å². The van der Waals surface area contributed by atoms with E-state index in [1.165, 1.54) is 54.7 Å². The van der Waals surface area contributed by atoms with E-state index >= 15 is 0 Å². The second kappa shape index (κ2) is 10.3. The van der Waals surface area contributed by atoms with Gasteiger partial charge in [0.05, 0.1) is 24.0 Å². The number of hydrogen-bond donors (Lipinski definition) is 0. The van der Waals surface area contributed by atoms with Gasteiger partial charge in [-0.1, -0.05) is 36.4 Å². The van der Waals surface area contributed by atoms with Crippen LogP contribution in [0.25, 0.3) is 18.2 Å². The molecule has 0 amide bonds. The lowest BCUT2D eigenvalue weighted by molar-refractivity contribution is -0.385. The summed E-state index contributed by atoms with van der Waals surface area (Å²) in [7, 11) is 1.45. The molecule has 3 rings (SSSR count). The minimum atomic E-state index is -0.534. The van der Waals surface area contributed by atoms with Gasteiger partial charge in [0.25, 0.3) is 5.69 Å². The fraction of sp³-hybridized carbons (Fsp3) is 0.200. The van der Waals surface area contributed by atoms with Crippen LogP contribution < -0.4 is 4.74 Å². The van der Waals surface area contributed by atoms with Gasteiger partial charge in [-0.05, 0) is 66.3 Å². The Morgan fingerprint density at radius 1 is 1.10 bits per heavy atom. The number of benzene rings is 2. The Morgan fingerprint density at radius 3 is 2.61 bits per heavy atom. The molecule has 2 aromatic carbocycles. The summed E-state index contributed by atoms with van der Waals surface area (Å²) in [5.74, 6) is -0.323. The van der Waals surface area contributed by atoms with Crippen molar-refractivity contribution in [3.63, 3.8) is 0 Å². The topological polar surface area (TPSA) is 86.5 Å². The molecule has 2 aromatic rings. The third-order valence-electron chi connectivity index (χ3n) is 4.97. The van der Waals surface area contributed by atoms with Gasteiger partial charge in [-0.15, -0.1) is 0 Å². The summed E-state index contributed by atoms with van der Waals surface area (Å²) in [5, 5.41) is 11.2. The fourth-order valence-corrected chi connectivity index (χ4v) is 3.35. The first-order chi connectivity index (χ1) is 15.0. The molecule has 0 saturated carbocycles. The van der Waals surface area contributed by atoms with E-state index < -0.39 is 10.7 Å². The van der Waals surface area contributed by atoms with Gasteiger partial charge in [0.2, 0.25) is 0 Å². The maximum Gasteiger partial charge on any atom is 0.276 e. The number of allylic oxidation sites excluding steroid dienone is 3. The molecule has 0 bridgehead atoms. The van der Waals surface area contributed by atoms with E-state index in [2.05, 4.69) is 18.2 Å². The molecule has 0 saturated heterocycles. The van der Waals surface area contributed by atoms with E-state index in [1.807, 2.05) is 12.1 Å². The molecule has 158 valence electrons. The summed E-state index contributed by atoms with van der Waals surface area (Å²) in [5.41, 5.74) is 3.46. The molecule has 0 fully saturated rings. The third kappa shape index (κ3) is 6.09. The molecule has 0 heterocycles. The minimum Gasteiger partial charge on any atom is -0.497 e. The number of rotatable bonds is 8. The minimum absolute atomic E-state index is 0.144. The van der Waals surface area contributed by atoms with Crippen molar-refractivity contribution in [3.05, 3.63) is 87.0 Å². The number of aryl methyl sites for hydroxylation is 1. The lowest BCUT2D eigenvalue weighted by Gasteiger charge is -2.04. The van der Waals surface area contributed by atoms with Gasteiger partial charge >= 0.3 is 0 Å². The molecule has 0 atom stereocenters. The van der Waals surface area contributed by atoms with Crippen molar-refractivity contribution < 1.29 is 19.2 Å². The predicted octanol–water partition coefficient (Wildman–Crippen LogP) is 5.21. The molecular formula is C25H23NO5. The number of ether oxygens (including phenoxy) is 1. The highest BCUT2D eigenvalue weighted by atomic mass is 16.6. The Balaban J connectivity index is 1.64. The monoisotopic (exact) mass is 417 g/mol. The van der Waals surface area contributed by atoms with Crippen LogP contribution in [0.4, 0.5) is 5.69 Å². The number of carbonyl (C=O) groups is 2. The van der Waals surface area contributed by atoms with E-state index in [-0.39, 0.29) is 23.5 Å². The largest absolute Gasteiger partial charge is 0.497 e. The normalized spacial score (nSPS) is 13.2. The predicted molar refractivity (Wildman–Crippen MR) is 121 cm³/mol. The highest BCUT2D eigenvalue weighted by molar-refractivity contribution is 6.11. The van der Waals surface area contributed by atoms with Crippen LogP contribution >= 0.6 is 0 Å². The van der Waals surface area contributed by atoms with Gasteiger partial charge in [-0.3, -0.25) is 19.7 Å². The molecule has 0 aromatic heterocycles. The third-order valence-corrected chi connectivity index (χ3v) is 4.97. The number of carbonyl (C=O) groups excluding carboxylic acids is 2. The lowest BCUT2D eigenvalue weighted by atomic mass is 10.0. The van der Waals surface area contributed by atoms with Crippen molar-refractivity contribution in [2.45, 2.75) is 25.7 Å². The standard InChI is InChI=1S/C25H23NO5/c1-31-24-13-14-25(26(29)30)21(16-24)10-12-23(28)17-22(27)11-8-18-7-9-19-5-3-2-4-6-20(19)15-18/h3,5,7-16H,2,4,6,17H2,1H3/b11-8+,12-10+. The van der Waals surface area contributed by atoms with E-state index in [0.717, 1.165) is 24.8 Å². The van der Waals surface area contributed by atoms with Crippen molar-refractivity contribution in [1.82, 2.24) is 0 Å². The maximum absolute atomic E-state index is 12.2. The van der Waals surface area contributed by atoms with Crippen molar-refractivity contribution in [2.24, 2.45) is 0 Å². The number of nitro benzene ring substituents is 1. The maximum atomic E-state index is 12.2. The quantitative estimate of drug-likeness (QED) is 0.255. The van der Waals surface area contributed by atoms with E-state index in [1.54, 1.807) is 6.08 Å². The molecule has 6 heteroatoms. The number of methoxy groups -OCH3 is 1. The lowest BCUT2D eigenvalue weighted by Crippen LogP contribution is -2.02. The Kier molecular flexibility index (Phi) is 7.27. The van der Waals surface area contributed by atoms with Gasteiger partial charge in [0.15, 0.2) is 11.6 Å². The molecule has 0 aliphatic heterocycles. The fourth-order valence-electron chi connectivity index (χ4n) is 3.35.